The molecule has 0 saturated heterocycles. The van der Waals surface area contributed by atoms with Crippen LogP contribution in [-0.4, -0.2) is 36.9 Å². The Morgan fingerprint density at radius 2 is 2.11 bits per heavy atom. The smallest absolute Gasteiger partial charge is 0.231 e. The van der Waals surface area contributed by atoms with Crippen LogP contribution in [0, 0.1) is 5.92 Å². The summed E-state index contributed by atoms with van der Waals surface area (Å²) in [5.74, 6) is 1.85. The summed E-state index contributed by atoms with van der Waals surface area (Å²) < 4.78 is 16.5. The molecular formula is C21H21N3O4. The van der Waals surface area contributed by atoms with E-state index in [2.05, 4.69) is 15.5 Å². The van der Waals surface area contributed by atoms with Crippen molar-refractivity contribution in [3.05, 3.63) is 54.4 Å². The molecule has 0 bridgehead atoms. The summed E-state index contributed by atoms with van der Waals surface area (Å²) in [4.78, 5) is 12.8. The Kier molecular flexibility index (Phi) is 4.89. The average Bonchev–Trinajstić information content (AvgIpc) is 3.27. The Balaban J connectivity index is 1.49. The first-order chi connectivity index (χ1) is 13.7. The molecule has 1 atom stereocenters. The Morgan fingerprint density at radius 3 is 2.86 bits per heavy atom. The van der Waals surface area contributed by atoms with E-state index < -0.39 is 0 Å². The normalized spacial score (nSPS) is 15.3. The van der Waals surface area contributed by atoms with Gasteiger partial charge in [-0.2, -0.15) is 5.10 Å². The number of fused-ring (bicyclic) bond motifs is 1. The van der Waals surface area contributed by atoms with Gasteiger partial charge < -0.3 is 19.5 Å². The van der Waals surface area contributed by atoms with E-state index in [0.717, 1.165) is 28.2 Å². The van der Waals surface area contributed by atoms with Gasteiger partial charge in [-0.1, -0.05) is 0 Å². The van der Waals surface area contributed by atoms with E-state index in [0.29, 0.717) is 24.5 Å². The first-order valence-electron chi connectivity index (χ1n) is 8.95. The van der Waals surface area contributed by atoms with E-state index in [-0.39, 0.29) is 11.8 Å². The summed E-state index contributed by atoms with van der Waals surface area (Å²) >= 11 is 0. The molecule has 144 valence electrons. The van der Waals surface area contributed by atoms with Gasteiger partial charge in [-0.15, -0.1) is 0 Å². The highest BCUT2D eigenvalue weighted by Crippen LogP contribution is 2.33. The molecular weight excluding hydrogens is 358 g/mol. The molecule has 0 spiro atoms. The molecule has 0 saturated carbocycles. The largest absolute Gasteiger partial charge is 0.497 e. The highest BCUT2D eigenvalue weighted by molar-refractivity contribution is 5.93. The third-order valence-corrected chi connectivity index (χ3v) is 4.82. The number of benzene rings is 2. The molecule has 7 nitrogen and oxygen atoms in total. The topological polar surface area (TPSA) is 85.5 Å². The molecule has 2 aromatic carbocycles. The SMILES string of the molecule is COc1ccc2c(c1)C[C@@H](C(=O)Nc1ccc(-c3cn[nH]c3)c(OC)c1)CO2. The lowest BCUT2D eigenvalue weighted by molar-refractivity contribution is -0.121. The Bertz CT molecular complexity index is 985. The zero-order valence-corrected chi connectivity index (χ0v) is 15.7. The lowest BCUT2D eigenvalue weighted by Gasteiger charge is -2.25. The lowest BCUT2D eigenvalue weighted by Crippen LogP contribution is -2.32. The van der Waals surface area contributed by atoms with Crippen molar-refractivity contribution in [3.8, 4) is 28.4 Å². The predicted molar refractivity (Wildman–Crippen MR) is 105 cm³/mol. The molecule has 0 fully saturated rings. The van der Waals surface area contributed by atoms with Crippen LogP contribution in [0.3, 0.4) is 0 Å². The van der Waals surface area contributed by atoms with Crippen LogP contribution in [0.4, 0.5) is 5.69 Å². The van der Waals surface area contributed by atoms with Crippen molar-refractivity contribution in [3.63, 3.8) is 0 Å². The summed E-state index contributed by atoms with van der Waals surface area (Å²) in [7, 11) is 3.22. The lowest BCUT2D eigenvalue weighted by atomic mass is 9.95. The fraction of sp³-hybridized carbons (Fsp3) is 0.238. The first-order valence-corrected chi connectivity index (χ1v) is 8.95. The maximum absolute atomic E-state index is 12.8. The third-order valence-electron chi connectivity index (χ3n) is 4.82. The number of nitrogens with one attached hydrogen (secondary N) is 2. The Labute approximate surface area is 162 Å². The fourth-order valence-electron chi connectivity index (χ4n) is 3.32. The van der Waals surface area contributed by atoms with Crippen LogP contribution in [-0.2, 0) is 11.2 Å². The number of amides is 1. The van der Waals surface area contributed by atoms with Crippen molar-refractivity contribution in [2.45, 2.75) is 6.42 Å². The van der Waals surface area contributed by atoms with Crippen molar-refractivity contribution < 1.29 is 19.0 Å². The number of carbonyl (C=O) groups excluding carboxylic acids is 1. The molecule has 2 N–H and O–H groups in total. The minimum atomic E-state index is -0.279. The van der Waals surface area contributed by atoms with E-state index in [9.17, 15) is 4.79 Å². The van der Waals surface area contributed by atoms with Gasteiger partial charge in [0.15, 0.2) is 0 Å². The maximum atomic E-state index is 12.8. The molecule has 1 aromatic heterocycles. The molecule has 2 heterocycles. The number of hydrogen-bond donors (Lipinski definition) is 2. The second kappa shape index (κ2) is 7.64. The number of aromatic nitrogens is 2. The molecule has 28 heavy (non-hydrogen) atoms. The minimum absolute atomic E-state index is 0.0911. The zero-order chi connectivity index (χ0) is 19.5. The fourth-order valence-corrected chi connectivity index (χ4v) is 3.32. The molecule has 0 aliphatic carbocycles. The van der Waals surface area contributed by atoms with Crippen molar-refractivity contribution in [1.82, 2.24) is 10.2 Å². The van der Waals surface area contributed by atoms with Gasteiger partial charge in [0, 0.05) is 29.1 Å². The maximum Gasteiger partial charge on any atom is 0.231 e. The molecule has 1 aliphatic heterocycles. The van der Waals surface area contributed by atoms with E-state index in [1.165, 1.54) is 0 Å². The highest BCUT2D eigenvalue weighted by atomic mass is 16.5. The second-order valence-electron chi connectivity index (χ2n) is 6.58. The highest BCUT2D eigenvalue weighted by Gasteiger charge is 2.26. The van der Waals surface area contributed by atoms with E-state index in [1.807, 2.05) is 30.3 Å². The summed E-state index contributed by atoms with van der Waals surface area (Å²) in [6.07, 6.45) is 4.12. The molecule has 0 radical (unpaired) electrons. The van der Waals surface area contributed by atoms with Crippen molar-refractivity contribution in [1.29, 1.82) is 0 Å². The van der Waals surface area contributed by atoms with Crippen molar-refractivity contribution in [2.75, 3.05) is 26.1 Å². The summed E-state index contributed by atoms with van der Waals surface area (Å²) in [6, 6.07) is 11.2. The molecule has 1 aliphatic rings. The van der Waals surface area contributed by atoms with Gasteiger partial charge in [-0.3, -0.25) is 9.89 Å². The van der Waals surface area contributed by atoms with Gasteiger partial charge in [0.25, 0.3) is 0 Å². The van der Waals surface area contributed by atoms with Gasteiger partial charge in [0.1, 0.15) is 23.9 Å². The number of aromatic amines is 1. The summed E-state index contributed by atoms with van der Waals surface area (Å²) in [5, 5.41) is 9.72. The molecule has 3 aromatic rings. The summed E-state index contributed by atoms with van der Waals surface area (Å²) in [5.41, 5.74) is 3.46. The van der Waals surface area contributed by atoms with E-state index >= 15 is 0 Å². The molecule has 0 unspecified atom stereocenters. The number of hydrogen-bond acceptors (Lipinski definition) is 5. The van der Waals surface area contributed by atoms with Crippen molar-refractivity contribution in [2.24, 2.45) is 5.92 Å². The van der Waals surface area contributed by atoms with Gasteiger partial charge in [-0.25, -0.2) is 0 Å². The van der Waals surface area contributed by atoms with Crippen LogP contribution in [0.1, 0.15) is 5.56 Å². The van der Waals surface area contributed by atoms with Crippen LogP contribution in [0.25, 0.3) is 11.1 Å². The van der Waals surface area contributed by atoms with Crippen LogP contribution in [0.15, 0.2) is 48.8 Å². The van der Waals surface area contributed by atoms with Crippen LogP contribution in [0.2, 0.25) is 0 Å². The van der Waals surface area contributed by atoms with Crippen LogP contribution < -0.4 is 19.5 Å². The summed E-state index contributed by atoms with van der Waals surface area (Å²) in [6.45, 7) is 0.343. The number of ether oxygens (including phenoxy) is 3. The predicted octanol–water partition coefficient (Wildman–Crippen LogP) is 3.28. The van der Waals surface area contributed by atoms with Crippen molar-refractivity contribution >= 4 is 11.6 Å². The number of rotatable bonds is 5. The van der Waals surface area contributed by atoms with Gasteiger partial charge in [-0.05, 0) is 42.3 Å². The Morgan fingerprint density at radius 1 is 1.21 bits per heavy atom. The number of methoxy groups -OCH3 is 2. The number of carbonyl (C=O) groups is 1. The monoisotopic (exact) mass is 379 g/mol. The third kappa shape index (κ3) is 3.51. The molecule has 1 amide bonds. The number of H-pyrrole nitrogens is 1. The Hall–Kier alpha value is -3.48. The second-order valence-corrected chi connectivity index (χ2v) is 6.58. The molecule has 4 rings (SSSR count). The van der Waals surface area contributed by atoms with Gasteiger partial charge in [0.05, 0.1) is 26.3 Å². The zero-order valence-electron chi connectivity index (χ0n) is 15.7. The van der Waals surface area contributed by atoms with Gasteiger partial charge in [0.2, 0.25) is 5.91 Å². The van der Waals surface area contributed by atoms with E-state index in [1.54, 1.807) is 32.7 Å². The number of nitrogens with zero attached hydrogens (tertiary/aromatic N) is 1. The van der Waals surface area contributed by atoms with E-state index in [4.69, 9.17) is 14.2 Å². The van der Waals surface area contributed by atoms with Crippen LogP contribution >= 0.6 is 0 Å². The number of anilines is 1. The average molecular weight is 379 g/mol. The van der Waals surface area contributed by atoms with Gasteiger partial charge >= 0.3 is 0 Å². The molecule has 7 heteroatoms. The first kappa shape index (κ1) is 17.9. The van der Waals surface area contributed by atoms with Crippen LogP contribution in [0.5, 0.6) is 17.2 Å². The quantitative estimate of drug-likeness (QED) is 0.711. The standard InChI is InChI=1S/C21H21N3O4/c1-26-17-4-6-19-13(8-17)7-14(12-28-19)21(25)24-16-3-5-18(20(9-16)27-2)15-10-22-23-11-15/h3-6,8-11,14H,7,12H2,1-2H3,(H,22,23)(H,24,25)/t14-/m1/s1. The minimum Gasteiger partial charge on any atom is -0.497 e.